The van der Waals surface area contributed by atoms with E-state index in [2.05, 4.69) is 11.8 Å². The Balaban J connectivity index is 3.27. The molecule has 0 radical (unpaired) electrons. The van der Waals surface area contributed by atoms with Gasteiger partial charge in [-0.15, -0.1) is 18.8 Å². The van der Waals surface area contributed by atoms with Crippen LogP contribution in [0.1, 0.15) is 6.42 Å². The maximum Gasteiger partial charge on any atom is 0.125 e. The summed E-state index contributed by atoms with van der Waals surface area (Å²) in [6.07, 6.45) is 9.05. The third-order valence-electron chi connectivity index (χ3n) is 0.504. The van der Waals surface area contributed by atoms with E-state index in [1.807, 2.05) is 0 Å². The summed E-state index contributed by atoms with van der Waals surface area (Å²) in [4.78, 5) is 0. The SMILES string of the molecule is C#CCC(O)C#C. The third kappa shape index (κ3) is 2.89. The molecule has 0 spiro atoms. The minimum atomic E-state index is -0.759. The molecule has 1 nitrogen and oxygen atoms in total. The van der Waals surface area contributed by atoms with Crippen molar-refractivity contribution < 1.29 is 5.11 Å². The fraction of sp³-hybridized carbons (Fsp3) is 0.333. The molecule has 0 heterocycles. The van der Waals surface area contributed by atoms with Crippen LogP contribution in [0.2, 0.25) is 0 Å². The van der Waals surface area contributed by atoms with Crippen LogP contribution in [0.5, 0.6) is 0 Å². The molecule has 0 aromatic rings. The van der Waals surface area contributed by atoms with Gasteiger partial charge < -0.3 is 5.11 Å². The Kier molecular flexibility index (Phi) is 2.85. The summed E-state index contributed by atoms with van der Waals surface area (Å²) in [5.74, 6) is 4.30. The van der Waals surface area contributed by atoms with Crippen molar-refractivity contribution in [3.05, 3.63) is 0 Å². The highest BCUT2D eigenvalue weighted by atomic mass is 16.3. The van der Waals surface area contributed by atoms with Crippen LogP contribution in [0.3, 0.4) is 0 Å². The average molecular weight is 94.1 g/mol. The molecule has 0 saturated carbocycles. The van der Waals surface area contributed by atoms with Gasteiger partial charge in [0, 0.05) is 6.42 Å². The molecule has 0 saturated heterocycles. The average Bonchev–Trinajstić information content (AvgIpc) is 1.68. The van der Waals surface area contributed by atoms with Gasteiger partial charge in [-0.3, -0.25) is 0 Å². The van der Waals surface area contributed by atoms with Crippen LogP contribution in [0.4, 0.5) is 0 Å². The van der Waals surface area contributed by atoms with Crippen molar-refractivity contribution in [2.24, 2.45) is 0 Å². The predicted octanol–water partition coefficient (Wildman–Crippen LogP) is 0.00380. The van der Waals surface area contributed by atoms with Crippen LogP contribution in [-0.2, 0) is 0 Å². The standard InChI is InChI=1S/C6H6O/c1-3-5-6(7)4-2/h1-2,6-7H,5H2. The lowest BCUT2D eigenvalue weighted by atomic mass is 10.3. The molecule has 0 rings (SSSR count). The molecular weight excluding hydrogens is 88.1 g/mol. The molecular formula is C6H6O. The second-order valence-electron chi connectivity index (χ2n) is 1.09. The summed E-state index contributed by atoms with van der Waals surface area (Å²) in [6, 6.07) is 0. The van der Waals surface area contributed by atoms with Crippen molar-refractivity contribution in [2.75, 3.05) is 0 Å². The number of hydrogen-bond donors (Lipinski definition) is 1. The quantitative estimate of drug-likeness (QED) is 0.453. The van der Waals surface area contributed by atoms with Gasteiger partial charge >= 0.3 is 0 Å². The molecule has 0 fully saturated rings. The highest BCUT2D eigenvalue weighted by Crippen LogP contribution is 1.82. The molecule has 0 aliphatic heterocycles. The van der Waals surface area contributed by atoms with Gasteiger partial charge in [0.05, 0.1) is 0 Å². The lowest BCUT2D eigenvalue weighted by molar-refractivity contribution is 0.239. The maximum absolute atomic E-state index is 8.48. The minimum Gasteiger partial charge on any atom is -0.379 e. The molecule has 1 atom stereocenters. The predicted molar refractivity (Wildman–Crippen MR) is 28.3 cm³/mol. The van der Waals surface area contributed by atoms with Crippen molar-refractivity contribution in [3.63, 3.8) is 0 Å². The zero-order valence-electron chi connectivity index (χ0n) is 3.89. The second-order valence-corrected chi connectivity index (χ2v) is 1.09. The zero-order chi connectivity index (χ0) is 5.70. The van der Waals surface area contributed by atoms with E-state index in [1.54, 1.807) is 0 Å². The van der Waals surface area contributed by atoms with E-state index in [1.165, 1.54) is 0 Å². The van der Waals surface area contributed by atoms with E-state index in [-0.39, 0.29) is 6.42 Å². The first-order chi connectivity index (χ1) is 3.31. The number of hydrogen-bond acceptors (Lipinski definition) is 1. The number of aliphatic hydroxyl groups is 1. The molecule has 0 aliphatic rings. The molecule has 36 valence electrons. The Hall–Kier alpha value is -0.920. The van der Waals surface area contributed by atoms with Crippen LogP contribution in [0.15, 0.2) is 0 Å². The highest BCUT2D eigenvalue weighted by Gasteiger charge is 1.89. The molecule has 0 bridgehead atoms. The molecule has 1 heteroatoms. The topological polar surface area (TPSA) is 20.2 Å². The fourth-order valence-electron chi connectivity index (χ4n) is 0.171. The van der Waals surface area contributed by atoms with Crippen molar-refractivity contribution in [2.45, 2.75) is 12.5 Å². The van der Waals surface area contributed by atoms with E-state index < -0.39 is 6.10 Å². The minimum absolute atomic E-state index is 0.247. The molecule has 0 amide bonds. The van der Waals surface area contributed by atoms with Crippen molar-refractivity contribution >= 4 is 0 Å². The number of terminal acetylenes is 2. The number of rotatable bonds is 1. The summed E-state index contributed by atoms with van der Waals surface area (Å²) in [6.45, 7) is 0. The monoisotopic (exact) mass is 94.0 g/mol. The van der Waals surface area contributed by atoms with Gasteiger partial charge in [0.2, 0.25) is 0 Å². The van der Waals surface area contributed by atoms with Crippen molar-refractivity contribution in [1.82, 2.24) is 0 Å². The third-order valence-corrected chi connectivity index (χ3v) is 0.504. The zero-order valence-corrected chi connectivity index (χ0v) is 3.89. The van der Waals surface area contributed by atoms with E-state index in [9.17, 15) is 0 Å². The van der Waals surface area contributed by atoms with Gasteiger partial charge in [-0.1, -0.05) is 5.92 Å². The van der Waals surface area contributed by atoms with Gasteiger partial charge in [0.25, 0.3) is 0 Å². The molecule has 0 aromatic carbocycles. The summed E-state index contributed by atoms with van der Waals surface area (Å²) in [5, 5.41) is 8.48. The summed E-state index contributed by atoms with van der Waals surface area (Å²) in [5.41, 5.74) is 0. The Labute approximate surface area is 43.4 Å². The second kappa shape index (κ2) is 3.28. The normalized spacial score (nSPS) is 11.3. The fourth-order valence-corrected chi connectivity index (χ4v) is 0.171. The Morgan fingerprint density at radius 2 is 2.14 bits per heavy atom. The first-order valence-electron chi connectivity index (χ1n) is 1.89. The van der Waals surface area contributed by atoms with Crippen LogP contribution in [0.25, 0.3) is 0 Å². The largest absolute Gasteiger partial charge is 0.379 e. The maximum atomic E-state index is 8.48. The lowest BCUT2D eigenvalue weighted by Gasteiger charge is -1.90. The summed E-state index contributed by atoms with van der Waals surface area (Å²) >= 11 is 0. The highest BCUT2D eigenvalue weighted by molar-refractivity contribution is 5.00. The van der Waals surface area contributed by atoms with Crippen molar-refractivity contribution in [1.29, 1.82) is 0 Å². The summed E-state index contributed by atoms with van der Waals surface area (Å²) < 4.78 is 0. The van der Waals surface area contributed by atoms with Crippen molar-refractivity contribution in [3.8, 4) is 24.7 Å². The lowest BCUT2D eigenvalue weighted by Crippen LogP contribution is -1.98. The Morgan fingerprint density at radius 3 is 2.29 bits per heavy atom. The molecule has 7 heavy (non-hydrogen) atoms. The number of aliphatic hydroxyl groups excluding tert-OH is 1. The van der Waals surface area contributed by atoms with Crippen LogP contribution < -0.4 is 0 Å². The smallest absolute Gasteiger partial charge is 0.125 e. The summed E-state index contributed by atoms with van der Waals surface area (Å²) in [7, 11) is 0. The van der Waals surface area contributed by atoms with Gasteiger partial charge in [0.15, 0.2) is 0 Å². The molecule has 1 N–H and O–H groups in total. The molecule has 1 unspecified atom stereocenters. The van der Waals surface area contributed by atoms with Crippen LogP contribution in [-0.4, -0.2) is 11.2 Å². The Morgan fingerprint density at radius 1 is 1.57 bits per heavy atom. The van der Waals surface area contributed by atoms with E-state index in [0.717, 1.165) is 0 Å². The van der Waals surface area contributed by atoms with E-state index in [0.29, 0.717) is 0 Å². The van der Waals surface area contributed by atoms with E-state index in [4.69, 9.17) is 18.0 Å². The first kappa shape index (κ1) is 6.08. The van der Waals surface area contributed by atoms with Gasteiger partial charge in [-0.05, 0) is 0 Å². The first-order valence-corrected chi connectivity index (χ1v) is 1.89. The van der Waals surface area contributed by atoms with Gasteiger partial charge in [-0.2, -0.15) is 0 Å². The van der Waals surface area contributed by atoms with E-state index >= 15 is 0 Å². The van der Waals surface area contributed by atoms with Gasteiger partial charge in [-0.25, -0.2) is 0 Å². The molecule has 0 aliphatic carbocycles. The van der Waals surface area contributed by atoms with Gasteiger partial charge in [0.1, 0.15) is 6.10 Å². The van der Waals surface area contributed by atoms with Crippen LogP contribution in [0, 0.1) is 24.7 Å². The molecule has 0 aromatic heterocycles. The van der Waals surface area contributed by atoms with Crippen LogP contribution >= 0.6 is 0 Å². The Bertz CT molecular complexity index is 113.